The van der Waals surface area contributed by atoms with E-state index in [1.807, 2.05) is 24.3 Å². The van der Waals surface area contributed by atoms with E-state index in [-0.39, 0.29) is 11.9 Å². The molecule has 0 radical (unpaired) electrons. The second-order valence-electron chi connectivity index (χ2n) is 3.80. The average molecular weight is 234 g/mol. The summed E-state index contributed by atoms with van der Waals surface area (Å²) in [5.41, 5.74) is 1.63. The minimum absolute atomic E-state index is 0.294. The van der Waals surface area contributed by atoms with E-state index in [1.54, 1.807) is 14.0 Å². The lowest BCUT2D eigenvalue weighted by atomic mass is 10.1. The normalized spacial score (nSPS) is 18.6. The molecule has 1 heterocycles. The number of hydrogen-bond donors (Lipinski definition) is 1. The van der Waals surface area contributed by atoms with Crippen molar-refractivity contribution in [1.82, 2.24) is 0 Å². The van der Waals surface area contributed by atoms with Crippen molar-refractivity contribution in [3.63, 3.8) is 0 Å². The molecule has 0 fully saturated rings. The molecule has 5 heteroatoms. The van der Waals surface area contributed by atoms with Gasteiger partial charge in [-0.15, -0.1) is 0 Å². The predicted molar refractivity (Wildman–Crippen MR) is 64.2 cm³/mol. The number of hydrogen-bond acceptors (Lipinski definition) is 5. The third-order valence-electron chi connectivity index (χ3n) is 2.67. The van der Waals surface area contributed by atoms with Crippen LogP contribution in [0.25, 0.3) is 0 Å². The predicted octanol–water partition coefficient (Wildman–Crippen LogP) is 1.66. The van der Waals surface area contributed by atoms with E-state index in [4.69, 9.17) is 4.74 Å². The Balaban J connectivity index is 1.93. The molecule has 17 heavy (non-hydrogen) atoms. The Morgan fingerprint density at radius 3 is 2.65 bits per heavy atom. The van der Waals surface area contributed by atoms with Crippen LogP contribution in [0.4, 0.5) is 5.69 Å². The lowest BCUT2D eigenvalue weighted by Crippen LogP contribution is -2.25. The highest BCUT2D eigenvalue weighted by molar-refractivity contribution is 6.04. The molecule has 0 amide bonds. The van der Waals surface area contributed by atoms with Gasteiger partial charge in [0.1, 0.15) is 11.7 Å². The number of nitrogens with zero attached hydrogens (tertiary/aromatic N) is 1. The standard InChI is InChI=1S/C12H14N2O3/c1-8-11(12(15)17-14-8)7-13-9-3-5-10(16-2)6-4-9/h3-6,11,13H,7H2,1-2H3/t11-/m0/s1. The van der Waals surface area contributed by atoms with Gasteiger partial charge in [-0.1, -0.05) is 5.16 Å². The third-order valence-corrected chi connectivity index (χ3v) is 2.67. The number of anilines is 1. The first-order valence-electron chi connectivity index (χ1n) is 5.34. The lowest BCUT2D eigenvalue weighted by molar-refractivity contribution is -0.143. The Hall–Kier alpha value is -2.04. The molecule has 0 bridgehead atoms. The second-order valence-corrected chi connectivity index (χ2v) is 3.80. The molecule has 0 unspecified atom stereocenters. The molecule has 0 aromatic heterocycles. The van der Waals surface area contributed by atoms with E-state index in [0.717, 1.165) is 11.4 Å². The van der Waals surface area contributed by atoms with Crippen molar-refractivity contribution in [3.05, 3.63) is 24.3 Å². The molecule has 1 aromatic rings. The van der Waals surface area contributed by atoms with Crippen molar-refractivity contribution in [2.75, 3.05) is 19.0 Å². The first kappa shape index (κ1) is 11.4. The van der Waals surface area contributed by atoms with Crippen LogP contribution in [0.3, 0.4) is 0 Å². The molecule has 1 atom stereocenters. The van der Waals surface area contributed by atoms with E-state index >= 15 is 0 Å². The van der Waals surface area contributed by atoms with E-state index in [2.05, 4.69) is 15.3 Å². The number of benzene rings is 1. The quantitative estimate of drug-likeness (QED) is 0.805. The number of carbonyl (C=O) groups is 1. The van der Waals surface area contributed by atoms with Crippen LogP contribution in [0.2, 0.25) is 0 Å². The largest absolute Gasteiger partial charge is 0.497 e. The molecular formula is C12H14N2O3. The topological polar surface area (TPSA) is 59.9 Å². The minimum atomic E-state index is -0.302. The van der Waals surface area contributed by atoms with Gasteiger partial charge in [0.2, 0.25) is 0 Å². The first-order chi connectivity index (χ1) is 8.20. The van der Waals surface area contributed by atoms with Crippen LogP contribution in [0.5, 0.6) is 5.75 Å². The smallest absolute Gasteiger partial charge is 0.345 e. The zero-order valence-electron chi connectivity index (χ0n) is 9.77. The molecule has 5 nitrogen and oxygen atoms in total. The fourth-order valence-corrected chi connectivity index (χ4v) is 1.57. The van der Waals surface area contributed by atoms with E-state index in [0.29, 0.717) is 12.3 Å². The highest BCUT2D eigenvalue weighted by Crippen LogP contribution is 2.17. The van der Waals surface area contributed by atoms with Crippen molar-refractivity contribution in [2.24, 2.45) is 11.1 Å². The zero-order chi connectivity index (χ0) is 12.3. The molecule has 2 rings (SSSR count). The van der Waals surface area contributed by atoms with Crippen molar-refractivity contribution >= 4 is 17.4 Å². The summed E-state index contributed by atoms with van der Waals surface area (Å²) in [6.07, 6.45) is 0. The highest BCUT2D eigenvalue weighted by atomic mass is 16.7. The van der Waals surface area contributed by atoms with Gasteiger partial charge in [0.15, 0.2) is 0 Å². The lowest BCUT2D eigenvalue weighted by Gasteiger charge is -2.10. The van der Waals surface area contributed by atoms with E-state index in [9.17, 15) is 4.79 Å². The third kappa shape index (κ3) is 2.55. The second kappa shape index (κ2) is 4.86. The summed E-state index contributed by atoms with van der Waals surface area (Å²) in [5, 5.41) is 6.81. The van der Waals surface area contributed by atoms with Crippen molar-refractivity contribution in [1.29, 1.82) is 0 Å². The summed E-state index contributed by atoms with van der Waals surface area (Å²) >= 11 is 0. The average Bonchev–Trinajstić information content (AvgIpc) is 2.67. The minimum Gasteiger partial charge on any atom is -0.497 e. The fourth-order valence-electron chi connectivity index (χ4n) is 1.57. The van der Waals surface area contributed by atoms with Crippen molar-refractivity contribution in [3.8, 4) is 5.75 Å². The molecule has 0 spiro atoms. The monoisotopic (exact) mass is 234 g/mol. The molecule has 0 aliphatic carbocycles. The van der Waals surface area contributed by atoms with Crippen LogP contribution in [-0.4, -0.2) is 25.3 Å². The maximum Gasteiger partial charge on any atom is 0.345 e. The molecule has 1 aromatic carbocycles. The van der Waals surface area contributed by atoms with Crippen LogP contribution in [0.1, 0.15) is 6.92 Å². The zero-order valence-corrected chi connectivity index (χ0v) is 9.77. The number of methoxy groups -OCH3 is 1. The Bertz CT molecular complexity index is 440. The number of ether oxygens (including phenoxy) is 1. The van der Waals surface area contributed by atoms with E-state index < -0.39 is 0 Å². The van der Waals surface area contributed by atoms with Crippen LogP contribution >= 0.6 is 0 Å². The summed E-state index contributed by atoms with van der Waals surface area (Å²) in [7, 11) is 1.62. The number of rotatable bonds is 4. The Kier molecular flexibility index (Phi) is 3.27. The van der Waals surface area contributed by atoms with Gasteiger partial charge >= 0.3 is 5.97 Å². The molecule has 90 valence electrons. The number of oxime groups is 1. The van der Waals surface area contributed by atoms with Gasteiger partial charge in [0.25, 0.3) is 0 Å². The summed E-state index contributed by atoms with van der Waals surface area (Å²) in [6.45, 7) is 2.27. The van der Waals surface area contributed by atoms with Gasteiger partial charge in [-0.25, -0.2) is 4.79 Å². The Morgan fingerprint density at radius 2 is 2.12 bits per heavy atom. The summed E-state index contributed by atoms with van der Waals surface area (Å²) in [6, 6.07) is 7.50. The van der Waals surface area contributed by atoms with Gasteiger partial charge in [-0.2, -0.15) is 0 Å². The summed E-state index contributed by atoms with van der Waals surface area (Å²) in [4.78, 5) is 15.9. The molecule has 1 N–H and O–H groups in total. The van der Waals surface area contributed by atoms with Gasteiger partial charge in [0, 0.05) is 12.2 Å². The van der Waals surface area contributed by atoms with Crippen LogP contribution in [0.15, 0.2) is 29.4 Å². The molecule has 0 saturated heterocycles. The van der Waals surface area contributed by atoms with Gasteiger partial charge in [-0.05, 0) is 31.2 Å². The SMILES string of the molecule is COc1ccc(NC[C@@H]2C(=O)ON=C2C)cc1. The molecule has 1 aliphatic rings. The van der Waals surface area contributed by atoms with Gasteiger partial charge in [0.05, 0.1) is 12.8 Å². The van der Waals surface area contributed by atoms with Crippen LogP contribution in [0, 0.1) is 5.92 Å². The number of carbonyl (C=O) groups excluding carboxylic acids is 1. The van der Waals surface area contributed by atoms with Gasteiger partial charge < -0.3 is 14.9 Å². The van der Waals surface area contributed by atoms with Gasteiger partial charge in [-0.3, -0.25) is 0 Å². The van der Waals surface area contributed by atoms with Crippen molar-refractivity contribution in [2.45, 2.75) is 6.92 Å². The van der Waals surface area contributed by atoms with E-state index in [1.165, 1.54) is 0 Å². The number of nitrogens with one attached hydrogen (secondary N) is 1. The van der Waals surface area contributed by atoms with Crippen LogP contribution in [-0.2, 0) is 9.63 Å². The Morgan fingerprint density at radius 1 is 1.41 bits per heavy atom. The fraction of sp³-hybridized carbons (Fsp3) is 0.333. The summed E-state index contributed by atoms with van der Waals surface area (Å²) in [5.74, 6) is 0.203. The Labute approximate surface area is 99.4 Å². The maximum atomic E-state index is 11.3. The molecular weight excluding hydrogens is 220 g/mol. The highest BCUT2D eigenvalue weighted by Gasteiger charge is 2.29. The summed E-state index contributed by atoms with van der Waals surface area (Å²) < 4.78 is 5.06. The first-order valence-corrected chi connectivity index (χ1v) is 5.34. The molecule has 0 saturated carbocycles. The van der Waals surface area contributed by atoms with Crippen LogP contribution < -0.4 is 10.1 Å². The van der Waals surface area contributed by atoms with Crippen molar-refractivity contribution < 1.29 is 14.4 Å². The molecule has 1 aliphatic heterocycles. The maximum absolute atomic E-state index is 11.3.